The SMILES string of the molecule is Cc1ccc(C)c(-n2nc(N)c(O)cc2=O)c1. The molecule has 88 valence electrons. The Morgan fingerprint density at radius 3 is 2.71 bits per heavy atom. The number of rotatable bonds is 1. The largest absolute Gasteiger partial charge is 0.504 e. The number of nitrogen functional groups attached to an aromatic ring is 1. The van der Waals surface area contributed by atoms with Gasteiger partial charge < -0.3 is 10.8 Å². The van der Waals surface area contributed by atoms with Crippen molar-refractivity contribution >= 4 is 5.82 Å². The molecule has 0 bridgehead atoms. The second kappa shape index (κ2) is 3.93. The summed E-state index contributed by atoms with van der Waals surface area (Å²) in [5, 5.41) is 13.2. The van der Waals surface area contributed by atoms with Crippen LogP contribution in [0.5, 0.6) is 5.75 Å². The molecule has 0 saturated carbocycles. The smallest absolute Gasteiger partial charge is 0.275 e. The average Bonchev–Trinajstić information content (AvgIpc) is 2.27. The lowest BCUT2D eigenvalue weighted by molar-refractivity contribution is 0.471. The monoisotopic (exact) mass is 231 g/mol. The molecule has 1 heterocycles. The van der Waals surface area contributed by atoms with Crippen LogP contribution >= 0.6 is 0 Å². The molecule has 1 aromatic carbocycles. The summed E-state index contributed by atoms with van der Waals surface area (Å²) in [5.41, 5.74) is 7.68. The van der Waals surface area contributed by atoms with E-state index in [-0.39, 0.29) is 11.6 Å². The van der Waals surface area contributed by atoms with Crippen molar-refractivity contribution < 1.29 is 5.11 Å². The van der Waals surface area contributed by atoms with Crippen molar-refractivity contribution in [1.82, 2.24) is 9.78 Å². The van der Waals surface area contributed by atoms with Gasteiger partial charge in [0.25, 0.3) is 5.56 Å². The number of anilines is 1. The Hall–Kier alpha value is -2.30. The summed E-state index contributed by atoms with van der Waals surface area (Å²) in [4.78, 5) is 11.7. The number of nitrogens with zero attached hydrogens (tertiary/aromatic N) is 2. The molecule has 0 aliphatic carbocycles. The van der Waals surface area contributed by atoms with Crippen molar-refractivity contribution in [2.75, 3.05) is 5.73 Å². The minimum Gasteiger partial charge on any atom is -0.504 e. The molecule has 0 aliphatic rings. The molecule has 2 aromatic rings. The topological polar surface area (TPSA) is 81.1 Å². The molecule has 2 rings (SSSR count). The molecule has 0 radical (unpaired) electrons. The minimum atomic E-state index is -0.412. The maximum absolute atomic E-state index is 11.7. The molecule has 5 heteroatoms. The average molecular weight is 231 g/mol. The Kier molecular flexibility index (Phi) is 2.59. The van der Waals surface area contributed by atoms with E-state index < -0.39 is 5.56 Å². The zero-order chi connectivity index (χ0) is 12.6. The highest BCUT2D eigenvalue weighted by Crippen LogP contribution is 2.17. The fourth-order valence-corrected chi connectivity index (χ4v) is 1.58. The van der Waals surface area contributed by atoms with E-state index in [1.165, 1.54) is 4.68 Å². The summed E-state index contributed by atoms with van der Waals surface area (Å²) in [5.74, 6) is -0.359. The van der Waals surface area contributed by atoms with Crippen LogP contribution in [0.15, 0.2) is 29.1 Å². The molecule has 17 heavy (non-hydrogen) atoms. The minimum absolute atomic E-state index is 0.0643. The van der Waals surface area contributed by atoms with E-state index in [2.05, 4.69) is 5.10 Å². The maximum atomic E-state index is 11.7. The van der Waals surface area contributed by atoms with Gasteiger partial charge in [-0.1, -0.05) is 12.1 Å². The van der Waals surface area contributed by atoms with E-state index in [1.54, 1.807) is 0 Å². The van der Waals surface area contributed by atoms with Crippen LogP contribution in [0.4, 0.5) is 5.82 Å². The number of hydrogen-bond donors (Lipinski definition) is 2. The highest BCUT2D eigenvalue weighted by molar-refractivity contribution is 5.47. The normalized spacial score (nSPS) is 10.5. The first-order valence-corrected chi connectivity index (χ1v) is 5.15. The van der Waals surface area contributed by atoms with E-state index in [0.29, 0.717) is 5.69 Å². The summed E-state index contributed by atoms with van der Waals surface area (Å²) in [6.45, 7) is 3.81. The van der Waals surface area contributed by atoms with Crippen molar-refractivity contribution in [3.63, 3.8) is 0 Å². The summed E-state index contributed by atoms with van der Waals surface area (Å²) in [7, 11) is 0. The molecule has 0 unspecified atom stereocenters. The van der Waals surface area contributed by atoms with E-state index in [9.17, 15) is 9.90 Å². The third-order valence-corrected chi connectivity index (χ3v) is 2.53. The van der Waals surface area contributed by atoms with Crippen LogP contribution in [0.2, 0.25) is 0 Å². The molecular formula is C12H13N3O2. The summed E-state index contributed by atoms with van der Waals surface area (Å²) in [6.07, 6.45) is 0. The van der Waals surface area contributed by atoms with Crippen LogP contribution in [0.25, 0.3) is 5.69 Å². The Morgan fingerprint density at radius 1 is 1.29 bits per heavy atom. The lowest BCUT2D eigenvalue weighted by Gasteiger charge is -2.09. The van der Waals surface area contributed by atoms with Crippen LogP contribution in [0.3, 0.4) is 0 Å². The van der Waals surface area contributed by atoms with Crippen LogP contribution in [0, 0.1) is 13.8 Å². The van der Waals surface area contributed by atoms with Gasteiger partial charge in [-0.2, -0.15) is 4.68 Å². The zero-order valence-electron chi connectivity index (χ0n) is 9.64. The van der Waals surface area contributed by atoms with Crippen molar-refractivity contribution in [2.24, 2.45) is 0 Å². The molecule has 3 N–H and O–H groups in total. The van der Waals surface area contributed by atoms with Gasteiger partial charge in [0.15, 0.2) is 11.6 Å². The van der Waals surface area contributed by atoms with Crippen molar-refractivity contribution in [2.45, 2.75) is 13.8 Å². The molecule has 0 fully saturated rings. The van der Waals surface area contributed by atoms with Gasteiger partial charge in [0.05, 0.1) is 11.8 Å². The van der Waals surface area contributed by atoms with E-state index in [1.807, 2.05) is 32.0 Å². The summed E-state index contributed by atoms with van der Waals surface area (Å²) >= 11 is 0. The highest BCUT2D eigenvalue weighted by atomic mass is 16.3. The molecule has 0 aliphatic heterocycles. The second-order valence-corrected chi connectivity index (χ2v) is 3.95. The first-order chi connectivity index (χ1) is 7.99. The third-order valence-electron chi connectivity index (χ3n) is 2.53. The Balaban J connectivity index is 2.72. The Morgan fingerprint density at radius 2 is 2.00 bits per heavy atom. The van der Waals surface area contributed by atoms with Crippen LogP contribution in [0.1, 0.15) is 11.1 Å². The Bertz CT molecular complexity index is 632. The predicted molar refractivity (Wildman–Crippen MR) is 65.4 cm³/mol. The zero-order valence-corrected chi connectivity index (χ0v) is 9.64. The molecular weight excluding hydrogens is 218 g/mol. The van der Waals surface area contributed by atoms with Gasteiger partial charge >= 0.3 is 0 Å². The number of benzene rings is 1. The van der Waals surface area contributed by atoms with Gasteiger partial charge in [-0.3, -0.25) is 4.79 Å². The van der Waals surface area contributed by atoms with Crippen LogP contribution < -0.4 is 11.3 Å². The van der Waals surface area contributed by atoms with Crippen molar-refractivity contribution in [1.29, 1.82) is 0 Å². The van der Waals surface area contributed by atoms with E-state index >= 15 is 0 Å². The molecule has 5 nitrogen and oxygen atoms in total. The third kappa shape index (κ3) is 1.99. The van der Waals surface area contributed by atoms with Crippen molar-refractivity contribution in [3.05, 3.63) is 45.7 Å². The van der Waals surface area contributed by atoms with Crippen LogP contribution in [-0.2, 0) is 0 Å². The van der Waals surface area contributed by atoms with Crippen LogP contribution in [-0.4, -0.2) is 14.9 Å². The van der Waals surface area contributed by atoms with Crippen molar-refractivity contribution in [3.8, 4) is 11.4 Å². The van der Waals surface area contributed by atoms with Gasteiger partial charge in [-0.25, -0.2) is 0 Å². The maximum Gasteiger partial charge on any atom is 0.275 e. The molecule has 1 aromatic heterocycles. The van der Waals surface area contributed by atoms with Gasteiger partial charge in [-0.15, -0.1) is 5.10 Å². The molecule has 0 spiro atoms. The van der Waals surface area contributed by atoms with Gasteiger partial charge in [0.2, 0.25) is 0 Å². The molecule has 0 atom stereocenters. The van der Waals surface area contributed by atoms with Gasteiger partial charge in [0.1, 0.15) is 0 Å². The van der Waals surface area contributed by atoms with Gasteiger partial charge in [-0.05, 0) is 31.0 Å². The quantitative estimate of drug-likeness (QED) is 0.771. The lowest BCUT2D eigenvalue weighted by Crippen LogP contribution is -2.22. The fourth-order valence-electron chi connectivity index (χ4n) is 1.58. The highest BCUT2D eigenvalue weighted by Gasteiger charge is 2.08. The van der Waals surface area contributed by atoms with E-state index in [4.69, 9.17) is 5.73 Å². The standard InChI is InChI=1S/C12H13N3O2/c1-7-3-4-8(2)9(5-7)15-11(17)6-10(16)12(13)14-15/h3-6,16H,1-2H3,(H2,13,14). The fraction of sp³-hybridized carbons (Fsp3) is 0.167. The Labute approximate surface area is 98.1 Å². The lowest BCUT2D eigenvalue weighted by atomic mass is 10.1. The number of aromatic nitrogens is 2. The second-order valence-electron chi connectivity index (χ2n) is 3.95. The number of aryl methyl sites for hydroxylation is 2. The molecule has 0 amide bonds. The summed E-state index contributed by atoms with van der Waals surface area (Å²) < 4.78 is 1.19. The predicted octanol–water partition coefficient (Wildman–Crippen LogP) is 1.14. The molecule has 0 saturated heterocycles. The number of aromatic hydroxyl groups is 1. The number of hydrogen-bond acceptors (Lipinski definition) is 4. The van der Waals surface area contributed by atoms with E-state index in [0.717, 1.165) is 17.2 Å². The first kappa shape index (κ1) is 11.2. The summed E-state index contributed by atoms with van der Waals surface area (Å²) in [6, 6.07) is 6.76. The number of nitrogens with two attached hydrogens (primary N) is 1. The van der Waals surface area contributed by atoms with Gasteiger partial charge in [0, 0.05) is 0 Å². The first-order valence-electron chi connectivity index (χ1n) is 5.15.